The molecule has 0 radical (unpaired) electrons. The first-order valence-electron chi connectivity index (χ1n) is 8.12. The summed E-state index contributed by atoms with van der Waals surface area (Å²) in [7, 11) is 0. The number of hydrogen-bond acceptors (Lipinski definition) is 3. The van der Waals surface area contributed by atoms with Gasteiger partial charge < -0.3 is 15.0 Å². The molecule has 1 aromatic carbocycles. The normalized spacial score (nSPS) is 34.5. The molecule has 1 aromatic rings. The lowest BCUT2D eigenvalue weighted by atomic mass is 9.71. The molecule has 0 saturated carbocycles. The van der Waals surface area contributed by atoms with Crippen molar-refractivity contribution in [2.45, 2.75) is 43.6 Å². The van der Waals surface area contributed by atoms with Crippen molar-refractivity contribution in [1.82, 2.24) is 4.90 Å². The maximum atomic E-state index is 6.12. The molecule has 3 nitrogen and oxygen atoms in total. The summed E-state index contributed by atoms with van der Waals surface area (Å²) in [5, 5.41) is 3.53. The van der Waals surface area contributed by atoms with Crippen LogP contribution in [0.4, 0.5) is 5.69 Å². The van der Waals surface area contributed by atoms with Gasteiger partial charge in [-0.05, 0) is 62.9 Å². The van der Waals surface area contributed by atoms with Gasteiger partial charge in [0, 0.05) is 29.3 Å². The third-order valence-electron chi connectivity index (χ3n) is 5.99. The Kier molecular flexibility index (Phi) is 2.24. The number of piperidine rings is 1. The molecule has 1 spiro atoms. The van der Waals surface area contributed by atoms with E-state index < -0.39 is 0 Å². The Morgan fingerprint density at radius 3 is 3.30 bits per heavy atom. The monoisotopic (exact) mass is 270 g/mol. The van der Waals surface area contributed by atoms with Crippen molar-refractivity contribution in [3.8, 4) is 5.75 Å². The lowest BCUT2D eigenvalue weighted by Gasteiger charge is -2.41. The molecule has 4 heterocycles. The van der Waals surface area contributed by atoms with Gasteiger partial charge in [0.1, 0.15) is 5.75 Å². The number of hydrogen-bond donors (Lipinski definition) is 1. The summed E-state index contributed by atoms with van der Waals surface area (Å²) < 4.78 is 6.12. The maximum Gasteiger partial charge on any atom is 0.123 e. The van der Waals surface area contributed by atoms with E-state index >= 15 is 0 Å². The van der Waals surface area contributed by atoms with Crippen molar-refractivity contribution >= 4 is 5.69 Å². The van der Waals surface area contributed by atoms with E-state index in [0.717, 1.165) is 25.6 Å². The van der Waals surface area contributed by atoms with Crippen molar-refractivity contribution in [3.63, 3.8) is 0 Å². The molecular weight excluding hydrogens is 248 g/mol. The van der Waals surface area contributed by atoms with Gasteiger partial charge in [0.15, 0.2) is 0 Å². The van der Waals surface area contributed by atoms with Gasteiger partial charge in [0.25, 0.3) is 0 Å². The minimum Gasteiger partial charge on any atom is -0.492 e. The third kappa shape index (κ3) is 1.44. The molecule has 3 heteroatoms. The number of ether oxygens (including phenoxy) is 1. The Balaban J connectivity index is 1.55. The molecular formula is C17H22N2O. The van der Waals surface area contributed by atoms with E-state index in [1.165, 1.54) is 61.3 Å². The summed E-state index contributed by atoms with van der Waals surface area (Å²) in [5.74, 6) is 1.18. The van der Waals surface area contributed by atoms with Crippen LogP contribution in [-0.4, -0.2) is 37.2 Å². The average Bonchev–Trinajstić information content (AvgIpc) is 3.17. The van der Waals surface area contributed by atoms with Crippen LogP contribution in [0.15, 0.2) is 12.1 Å². The number of benzene rings is 1. The molecule has 2 unspecified atom stereocenters. The predicted molar refractivity (Wildman–Crippen MR) is 79.6 cm³/mol. The van der Waals surface area contributed by atoms with Crippen LogP contribution in [0.25, 0.3) is 0 Å². The average molecular weight is 270 g/mol. The smallest absolute Gasteiger partial charge is 0.123 e. The second kappa shape index (κ2) is 3.91. The van der Waals surface area contributed by atoms with Crippen LogP contribution < -0.4 is 10.1 Å². The minimum absolute atomic E-state index is 0.306. The summed E-state index contributed by atoms with van der Waals surface area (Å²) in [5.41, 5.74) is 4.61. The molecule has 4 aliphatic rings. The van der Waals surface area contributed by atoms with Gasteiger partial charge in [-0.1, -0.05) is 0 Å². The molecule has 1 N–H and O–H groups in total. The van der Waals surface area contributed by atoms with E-state index in [4.69, 9.17) is 4.74 Å². The first kappa shape index (κ1) is 11.4. The number of anilines is 1. The zero-order valence-electron chi connectivity index (χ0n) is 12.0. The second-order valence-corrected chi connectivity index (χ2v) is 7.04. The molecule has 0 bridgehead atoms. The molecule has 2 atom stereocenters. The fourth-order valence-corrected chi connectivity index (χ4v) is 4.86. The topological polar surface area (TPSA) is 24.5 Å². The first-order chi connectivity index (χ1) is 9.84. The molecule has 0 aliphatic carbocycles. The SMILES string of the molecule is c1c2c(cc3c1OCC31CCN3CCCC3C1)NCC2. The summed E-state index contributed by atoms with van der Waals surface area (Å²) in [6.45, 7) is 4.58. The standard InChI is InChI=1S/C17H22N2O/c1-2-13-10-17(4-7-19(13)6-1)11-20-16-8-12-3-5-18-15(12)9-14(16)17/h8-9,13,18H,1-7,10-11H2. The molecule has 0 aromatic heterocycles. The molecule has 0 amide bonds. The van der Waals surface area contributed by atoms with Crippen molar-refractivity contribution in [2.75, 3.05) is 31.6 Å². The molecule has 2 saturated heterocycles. The first-order valence-corrected chi connectivity index (χ1v) is 8.12. The van der Waals surface area contributed by atoms with Gasteiger partial charge in [-0.25, -0.2) is 0 Å². The lowest BCUT2D eigenvalue weighted by Crippen LogP contribution is -2.46. The van der Waals surface area contributed by atoms with Crippen molar-refractivity contribution in [3.05, 3.63) is 23.3 Å². The quantitative estimate of drug-likeness (QED) is 0.784. The van der Waals surface area contributed by atoms with E-state index in [2.05, 4.69) is 22.3 Å². The summed E-state index contributed by atoms with van der Waals surface area (Å²) in [6, 6.07) is 5.52. The van der Waals surface area contributed by atoms with Crippen LogP contribution >= 0.6 is 0 Å². The molecule has 2 fully saturated rings. The van der Waals surface area contributed by atoms with E-state index in [1.807, 2.05) is 0 Å². The van der Waals surface area contributed by atoms with E-state index in [0.29, 0.717) is 5.41 Å². The molecule has 20 heavy (non-hydrogen) atoms. The van der Waals surface area contributed by atoms with Crippen molar-refractivity contribution < 1.29 is 4.74 Å². The largest absolute Gasteiger partial charge is 0.492 e. The lowest BCUT2D eigenvalue weighted by molar-refractivity contribution is 0.109. The Bertz CT molecular complexity index is 570. The fraction of sp³-hybridized carbons (Fsp3) is 0.647. The van der Waals surface area contributed by atoms with E-state index in [-0.39, 0.29) is 0 Å². The van der Waals surface area contributed by atoms with Crippen LogP contribution in [0.3, 0.4) is 0 Å². The highest BCUT2D eigenvalue weighted by atomic mass is 16.5. The Morgan fingerprint density at radius 1 is 1.30 bits per heavy atom. The molecule has 5 rings (SSSR count). The zero-order chi connectivity index (χ0) is 13.2. The van der Waals surface area contributed by atoms with Crippen LogP contribution in [0.1, 0.15) is 36.8 Å². The highest BCUT2D eigenvalue weighted by molar-refractivity contribution is 5.63. The number of fused-ring (bicyclic) bond motifs is 4. The van der Waals surface area contributed by atoms with E-state index in [9.17, 15) is 0 Å². The van der Waals surface area contributed by atoms with Gasteiger partial charge in [0.05, 0.1) is 6.61 Å². The number of nitrogens with one attached hydrogen (secondary N) is 1. The van der Waals surface area contributed by atoms with Crippen molar-refractivity contribution in [1.29, 1.82) is 0 Å². The fourth-order valence-electron chi connectivity index (χ4n) is 4.86. The highest BCUT2D eigenvalue weighted by Gasteiger charge is 2.47. The van der Waals surface area contributed by atoms with Crippen LogP contribution in [0.2, 0.25) is 0 Å². The number of rotatable bonds is 0. The number of nitrogens with zero attached hydrogens (tertiary/aromatic N) is 1. The Hall–Kier alpha value is -1.22. The van der Waals surface area contributed by atoms with Gasteiger partial charge in [0.2, 0.25) is 0 Å². The Labute approximate surface area is 120 Å². The van der Waals surface area contributed by atoms with Gasteiger partial charge >= 0.3 is 0 Å². The van der Waals surface area contributed by atoms with Gasteiger partial charge in [-0.15, -0.1) is 0 Å². The Morgan fingerprint density at radius 2 is 2.30 bits per heavy atom. The van der Waals surface area contributed by atoms with E-state index in [1.54, 1.807) is 0 Å². The van der Waals surface area contributed by atoms with Crippen LogP contribution in [0.5, 0.6) is 5.75 Å². The van der Waals surface area contributed by atoms with Gasteiger partial charge in [-0.2, -0.15) is 0 Å². The third-order valence-corrected chi connectivity index (χ3v) is 5.99. The summed E-state index contributed by atoms with van der Waals surface area (Å²) >= 11 is 0. The minimum atomic E-state index is 0.306. The maximum absolute atomic E-state index is 6.12. The molecule has 4 aliphatic heterocycles. The highest BCUT2D eigenvalue weighted by Crippen LogP contribution is 2.50. The summed E-state index contributed by atoms with van der Waals surface area (Å²) in [6.07, 6.45) is 6.50. The van der Waals surface area contributed by atoms with Crippen molar-refractivity contribution in [2.24, 2.45) is 0 Å². The summed E-state index contributed by atoms with van der Waals surface area (Å²) in [4.78, 5) is 2.70. The zero-order valence-corrected chi connectivity index (χ0v) is 12.0. The molecule has 106 valence electrons. The van der Waals surface area contributed by atoms with Crippen LogP contribution in [-0.2, 0) is 11.8 Å². The van der Waals surface area contributed by atoms with Gasteiger partial charge in [-0.3, -0.25) is 0 Å². The van der Waals surface area contributed by atoms with Crippen LogP contribution in [0, 0.1) is 0 Å². The second-order valence-electron chi connectivity index (χ2n) is 7.04. The predicted octanol–water partition coefficient (Wildman–Crippen LogP) is 2.54.